The van der Waals surface area contributed by atoms with Gasteiger partial charge in [0.15, 0.2) is 5.58 Å². The lowest BCUT2D eigenvalue weighted by molar-refractivity contribution is 0.635. The topological polar surface area (TPSA) is 18.1 Å². The zero-order chi connectivity index (χ0) is 37.7. The van der Waals surface area contributed by atoms with Crippen LogP contribution in [0.1, 0.15) is 84.9 Å². The maximum Gasteiger partial charge on any atom is 0.160 e. The van der Waals surface area contributed by atoms with Crippen molar-refractivity contribution in [3.63, 3.8) is 0 Å². The van der Waals surface area contributed by atoms with E-state index >= 15 is 0 Å². The molecule has 2 heteroatoms. The Bertz CT molecular complexity index is 2100. The molecule has 0 bridgehead atoms. The average Bonchev–Trinajstić information content (AvgIpc) is 3.80. The zero-order valence-electron chi connectivity index (χ0n) is 32.6. The van der Waals surface area contributed by atoms with Crippen molar-refractivity contribution >= 4 is 40.2 Å². The number of allylic oxidation sites excluding steroid dienone is 8. The third kappa shape index (κ3) is 10.2. The molecule has 0 fully saturated rings. The maximum absolute atomic E-state index is 6.49. The van der Waals surface area contributed by atoms with Crippen molar-refractivity contribution in [2.75, 3.05) is 0 Å². The van der Waals surface area contributed by atoms with Gasteiger partial charge in [-0.05, 0) is 78.8 Å². The molecule has 2 heterocycles. The lowest BCUT2D eigenvalue weighted by Gasteiger charge is -2.10. The number of benzene rings is 4. The van der Waals surface area contributed by atoms with Crippen molar-refractivity contribution in [3.05, 3.63) is 180 Å². The molecule has 4 aromatic carbocycles. The molecule has 2 aromatic heterocycles. The number of rotatable bonds is 7. The molecule has 0 aliphatic heterocycles. The molecule has 0 radical (unpaired) electrons. The normalized spacial score (nSPS) is 12.2. The van der Waals surface area contributed by atoms with Gasteiger partial charge in [-0.3, -0.25) is 0 Å². The van der Waals surface area contributed by atoms with Gasteiger partial charge in [0.1, 0.15) is 5.76 Å². The molecule has 268 valence electrons. The van der Waals surface area contributed by atoms with Crippen LogP contribution >= 0.6 is 0 Å². The number of aromatic nitrogens is 1. The first-order valence-corrected chi connectivity index (χ1v) is 18.9. The predicted octanol–water partition coefficient (Wildman–Crippen LogP) is 15.7. The van der Waals surface area contributed by atoms with Gasteiger partial charge in [0.05, 0.1) is 11.0 Å². The van der Waals surface area contributed by atoms with Crippen molar-refractivity contribution in [1.29, 1.82) is 0 Å². The summed E-state index contributed by atoms with van der Waals surface area (Å²) in [6, 6.07) is 38.0. The number of fused-ring (bicyclic) bond motifs is 3. The molecule has 6 aromatic rings. The Morgan fingerprint density at radius 3 is 1.94 bits per heavy atom. The molecule has 52 heavy (non-hydrogen) atoms. The molecule has 0 spiro atoms. The van der Waals surface area contributed by atoms with E-state index in [0.717, 1.165) is 63.0 Å². The van der Waals surface area contributed by atoms with Crippen LogP contribution in [0.3, 0.4) is 0 Å². The Morgan fingerprint density at radius 2 is 1.27 bits per heavy atom. The predicted molar refractivity (Wildman–Crippen MR) is 233 cm³/mol. The monoisotopic (exact) mass is 687 g/mol. The summed E-state index contributed by atoms with van der Waals surface area (Å²) in [6.07, 6.45) is 21.3. The largest absolute Gasteiger partial charge is 0.454 e. The third-order valence-corrected chi connectivity index (χ3v) is 8.27. The highest BCUT2D eigenvalue weighted by atomic mass is 16.3. The molecule has 0 amide bonds. The van der Waals surface area contributed by atoms with E-state index in [1.165, 1.54) is 16.7 Å². The van der Waals surface area contributed by atoms with Gasteiger partial charge < -0.3 is 8.98 Å². The number of nitrogens with zero attached hydrogens (tertiary/aromatic N) is 1. The van der Waals surface area contributed by atoms with E-state index in [4.69, 9.17) is 4.42 Å². The van der Waals surface area contributed by atoms with Crippen molar-refractivity contribution in [2.24, 2.45) is 0 Å². The lowest BCUT2D eigenvalue weighted by atomic mass is 9.95. The third-order valence-electron chi connectivity index (χ3n) is 8.27. The molecule has 1 aliphatic rings. The number of hydrogen-bond donors (Lipinski definition) is 0. The van der Waals surface area contributed by atoms with E-state index in [-0.39, 0.29) is 0 Å². The van der Waals surface area contributed by atoms with Crippen LogP contribution < -0.4 is 0 Å². The van der Waals surface area contributed by atoms with Gasteiger partial charge in [0.25, 0.3) is 0 Å². The second kappa shape index (κ2) is 22.3. The second-order valence-corrected chi connectivity index (χ2v) is 11.2. The Labute approximate surface area is 313 Å². The van der Waals surface area contributed by atoms with E-state index in [0.29, 0.717) is 0 Å². The van der Waals surface area contributed by atoms with Crippen molar-refractivity contribution < 1.29 is 4.42 Å². The summed E-state index contributed by atoms with van der Waals surface area (Å²) in [5.74, 6) is 0.873. The highest BCUT2D eigenvalue weighted by molar-refractivity contribution is 6.07. The average molecular weight is 688 g/mol. The van der Waals surface area contributed by atoms with Crippen LogP contribution in [0.2, 0.25) is 0 Å². The summed E-state index contributed by atoms with van der Waals surface area (Å²) in [5.41, 5.74) is 11.4. The quantitative estimate of drug-likeness (QED) is 0.153. The molecule has 2 nitrogen and oxygen atoms in total. The van der Waals surface area contributed by atoms with Gasteiger partial charge in [-0.2, -0.15) is 0 Å². The Kier molecular flexibility index (Phi) is 17.5. The maximum atomic E-state index is 6.49. The van der Waals surface area contributed by atoms with Gasteiger partial charge in [-0.25, -0.2) is 0 Å². The zero-order valence-corrected chi connectivity index (χ0v) is 32.6. The molecular formula is C50H57NO. The van der Waals surface area contributed by atoms with Crippen molar-refractivity contribution in [1.82, 2.24) is 4.57 Å². The molecular weight excluding hydrogens is 631 g/mol. The molecule has 1 aliphatic carbocycles. The first-order valence-electron chi connectivity index (χ1n) is 18.9. The SMILES string of the molecule is C/C=C/C.C=Cc1ccccc1/C=C/C1=C(/C=C\c2ccc(-c3cc4c(o3)c3ccccc3n4-c3ccccc3)cc2)CCC=C1.CC.CC.CC. The fourth-order valence-corrected chi connectivity index (χ4v) is 5.75. The van der Waals surface area contributed by atoms with E-state index in [1.54, 1.807) is 0 Å². The van der Waals surface area contributed by atoms with Gasteiger partial charge in [-0.15, -0.1) is 0 Å². The Hall–Kier alpha value is -5.60. The summed E-state index contributed by atoms with van der Waals surface area (Å²) in [4.78, 5) is 0. The standard InChI is InChI=1S/C40H31NO.C4H8.3C2H6/c1-2-30-12-6-7-13-31(30)26-27-33-15-9-8-14-32(33)23-20-29-21-24-34(25-22-29)39-28-38-40(42-39)36-18-10-11-19-37(36)41(38)35-16-4-3-5-17-35;1-3-4-2;3*1-2/h2-7,9-13,15-28H,1,8,14H2;3-4H,1-2H3;3*1-2H3/b23-20-,27-26+;4-3+;;;. The van der Waals surface area contributed by atoms with Crippen molar-refractivity contribution in [2.45, 2.75) is 68.2 Å². The second-order valence-electron chi connectivity index (χ2n) is 11.2. The minimum atomic E-state index is 0.873. The van der Waals surface area contributed by atoms with Crippen LogP contribution in [0.15, 0.2) is 168 Å². The molecule has 0 saturated heterocycles. The first-order chi connectivity index (χ1) is 25.7. The van der Waals surface area contributed by atoms with Gasteiger partial charge in [-0.1, -0.05) is 182 Å². The van der Waals surface area contributed by atoms with Gasteiger partial charge in [0.2, 0.25) is 0 Å². The van der Waals surface area contributed by atoms with E-state index in [9.17, 15) is 0 Å². The van der Waals surface area contributed by atoms with E-state index in [2.05, 4.69) is 145 Å². The van der Waals surface area contributed by atoms with Crippen molar-refractivity contribution in [3.8, 4) is 17.0 Å². The minimum Gasteiger partial charge on any atom is -0.454 e. The highest BCUT2D eigenvalue weighted by Crippen LogP contribution is 2.37. The summed E-state index contributed by atoms with van der Waals surface area (Å²) in [6.45, 7) is 19.9. The number of para-hydroxylation sites is 2. The van der Waals surface area contributed by atoms with Crippen LogP contribution in [-0.4, -0.2) is 4.57 Å². The summed E-state index contributed by atoms with van der Waals surface area (Å²) in [5, 5.41) is 1.12. The molecule has 0 N–H and O–H groups in total. The molecule has 0 saturated carbocycles. The van der Waals surface area contributed by atoms with Crippen LogP contribution in [0.25, 0.3) is 57.2 Å². The number of furan rings is 1. The summed E-state index contributed by atoms with van der Waals surface area (Å²) < 4.78 is 8.77. The highest BCUT2D eigenvalue weighted by Gasteiger charge is 2.17. The van der Waals surface area contributed by atoms with Gasteiger partial charge >= 0.3 is 0 Å². The van der Waals surface area contributed by atoms with Crippen LogP contribution in [0, 0.1) is 0 Å². The molecule has 0 atom stereocenters. The smallest absolute Gasteiger partial charge is 0.160 e. The van der Waals surface area contributed by atoms with Gasteiger partial charge in [0, 0.05) is 22.7 Å². The Morgan fingerprint density at radius 1 is 0.635 bits per heavy atom. The molecule has 7 rings (SSSR count). The minimum absolute atomic E-state index is 0.873. The Balaban J connectivity index is 0.000000665. The summed E-state index contributed by atoms with van der Waals surface area (Å²) >= 11 is 0. The first kappa shape index (κ1) is 40.8. The van der Waals surface area contributed by atoms with E-state index < -0.39 is 0 Å². The van der Waals surface area contributed by atoms with Crippen LogP contribution in [-0.2, 0) is 0 Å². The summed E-state index contributed by atoms with van der Waals surface area (Å²) in [7, 11) is 0. The fraction of sp³-hybridized carbons (Fsp3) is 0.200. The fourth-order valence-electron chi connectivity index (χ4n) is 5.75. The molecule has 0 unspecified atom stereocenters. The lowest BCUT2D eigenvalue weighted by Crippen LogP contribution is -1.92. The van der Waals surface area contributed by atoms with Crippen LogP contribution in [0.5, 0.6) is 0 Å². The van der Waals surface area contributed by atoms with E-state index in [1.807, 2.05) is 85.8 Å². The number of hydrogen-bond acceptors (Lipinski definition) is 1. The van der Waals surface area contributed by atoms with Crippen LogP contribution in [0.4, 0.5) is 0 Å².